The van der Waals surface area contributed by atoms with Gasteiger partial charge in [0.05, 0.1) is 34.0 Å². The van der Waals surface area contributed by atoms with Crippen molar-refractivity contribution in [2.75, 3.05) is 62.2 Å². The van der Waals surface area contributed by atoms with Gasteiger partial charge in [-0.2, -0.15) is 0 Å². The summed E-state index contributed by atoms with van der Waals surface area (Å²) in [4.78, 5) is 98.2. The fourth-order valence-electron chi connectivity index (χ4n) is 8.83. The number of piperazine rings is 1. The van der Waals surface area contributed by atoms with Crippen molar-refractivity contribution < 1.29 is 24.0 Å². The molecule has 0 saturated carbocycles. The average molecular weight is 744 g/mol. The first-order chi connectivity index (χ1) is 26.6. The molecule has 5 aliphatic heterocycles. The molecule has 4 aromatic rings. The van der Waals surface area contributed by atoms with Gasteiger partial charge in [0.1, 0.15) is 11.7 Å². The van der Waals surface area contributed by atoms with E-state index in [1.165, 1.54) is 0 Å². The molecule has 55 heavy (non-hydrogen) atoms. The minimum absolute atomic E-state index is 0.0591. The smallest absolute Gasteiger partial charge is 0.272 e. The Morgan fingerprint density at radius 2 is 1.55 bits per heavy atom. The number of hydrogen-bond acceptors (Lipinski definition) is 11. The van der Waals surface area contributed by atoms with Gasteiger partial charge in [0.2, 0.25) is 11.8 Å². The fraction of sp³-hybridized carbons (Fsp3) is 0.400. The van der Waals surface area contributed by atoms with Crippen molar-refractivity contribution in [1.29, 1.82) is 0 Å². The number of pyridine rings is 3. The van der Waals surface area contributed by atoms with Crippen LogP contribution in [0, 0.1) is 11.8 Å². The number of amides is 5. The van der Waals surface area contributed by atoms with Gasteiger partial charge in [-0.1, -0.05) is 6.92 Å². The van der Waals surface area contributed by atoms with Gasteiger partial charge in [0.25, 0.3) is 23.3 Å². The summed E-state index contributed by atoms with van der Waals surface area (Å²) in [6.45, 7) is 8.71. The van der Waals surface area contributed by atoms with E-state index in [1.807, 2.05) is 48.4 Å². The van der Waals surface area contributed by atoms with Crippen molar-refractivity contribution in [3.05, 3.63) is 93.2 Å². The molecular weight excluding hydrogens is 702 g/mol. The minimum atomic E-state index is -1.000. The number of anilines is 2. The Morgan fingerprint density at radius 1 is 0.800 bits per heavy atom. The molecule has 0 unspecified atom stereocenters. The van der Waals surface area contributed by atoms with Gasteiger partial charge in [-0.25, -0.2) is 4.98 Å². The van der Waals surface area contributed by atoms with Gasteiger partial charge in [-0.3, -0.25) is 48.9 Å². The monoisotopic (exact) mass is 743 g/mol. The molecule has 4 saturated heterocycles. The van der Waals surface area contributed by atoms with Crippen LogP contribution in [0.15, 0.2) is 59.7 Å². The molecule has 1 aromatic carbocycles. The highest BCUT2D eigenvalue weighted by molar-refractivity contribution is 6.23. The Labute approximate surface area is 316 Å². The summed E-state index contributed by atoms with van der Waals surface area (Å²) in [5.41, 5.74) is 6.05. The summed E-state index contributed by atoms with van der Waals surface area (Å²) >= 11 is 0. The van der Waals surface area contributed by atoms with E-state index < -0.39 is 29.7 Å². The third kappa shape index (κ3) is 6.31. The zero-order valence-corrected chi connectivity index (χ0v) is 30.5. The molecule has 15 heteroatoms. The summed E-state index contributed by atoms with van der Waals surface area (Å²) in [7, 11) is 0. The second-order valence-corrected chi connectivity index (χ2v) is 15.2. The SMILES string of the molecule is CCc1cc2ncc(CN3CCN(c4ccc(C(=O)N5C[C@@H]6CN(c7ccc8c(c7)C(=O)N([C@@H]7CCC(=O)NC7=O)C8=O)C[C@@H]6C5)nc4)CC3)cc2[nH]c1=O. The number of H-pyrrole nitrogens is 1. The Kier molecular flexibility index (Phi) is 8.67. The van der Waals surface area contributed by atoms with Gasteiger partial charge >= 0.3 is 0 Å². The maximum absolute atomic E-state index is 13.5. The molecule has 8 heterocycles. The highest BCUT2D eigenvalue weighted by Gasteiger charge is 2.46. The van der Waals surface area contributed by atoms with Crippen LogP contribution in [0.25, 0.3) is 11.0 Å². The number of rotatable bonds is 7. The first-order valence-corrected chi connectivity index (χ1v) is 19.0. The molecule has 0 aliphatic carbocycles. The summed E-state index contributed by atoms with van der Waals surface area (Å²) in [6.07, 6.45) is 4.53. The van der Waals surface area contributed by atoms with Gasteiger partial charge in [-0.15, -0.1) is 0 Å². The molecule has 3 atom stereocenters. The molecule has 9 rings (SSSR count). The lowest BCUT2D eigenvalue weighted by Gasteiger charge is -2.36. The first-order valence-electron chi connectivity index (χ1n) is 19.0. The Bertz CT molecular complexity index is 2300. The van der Waals surface area contributed by atoms with E-state index in [2.05, 4.69) is 35.0 Å². The quantitative estimate of drug-likeness (QED) is 0.265. The third-order valence-corrected chi connectivity index (χ3v) is 11.9. The predicted molar refractivity (Wildman–Crippen MR) is 202 cm³/mol. The molecule has 15 nitrogen and oxygen atoms in total. The highest BCUT2D eigenvalue weighted by Crippen LogP contribution is 2.37. The van der Waals surface area contributed by atoms with Crippen molar-refractivity contribution in [1.82, 2.24) is 35.0 Å². The molecule has 282 valence electrons. The number of piperidine rings is 1. The first kappa shape index (κ1) is 34.8. The number of nitrogens with zero attached hydrogens (tertiary/aromatic N) is 7. The van der Waals surface area contributed by atoms with Crippen molar-refractivity contribution in [2.45, 2.75) is 38.8 Å². The van der Waals surface area contributed by atoms with Gasteiger partial charge in [0.15, 0.2) is 0 Å². The molecule has 4 fully saturated rings. The van der Waals surface area contributed by atoms with E-state index in [0.717, 1.165) is 71.2 Å². The van der Waals surface area contributed by atoms with Gasteiger partial charge in [-0.05, 0) is 60.9 Å². The number of fused-ring (bicyclic) bond motifs is 3. The lowest BCUT2D eigenvalue weighted by molar-refractivity contribution is -0.136. The van der Waals surface area contributed by atoms with Gasteiger partial charge in [0, 0.05) is 94.6 Å². The number of hydrogen-bond donors (Lipinski definition) is 2. The topological polar surface area (TPSA) is 172 Å². The Balaban J connectivity index is 0.773. The summed E-state index contributed by atoms with van der Waals surface area (Å²) < 4.78 is 0. The molecule has 3 aromatic heterocycles. The second-order valence-electron chi connectivity index (χ2n) is 15.2. The van der Waals surface area contributed by atoms with Crippen LogP contribution in [0.5, 0.6) is 0 Å². The van der Waals surface area contributed by atoms with Crippen molar-refractivity contribution in [3.8, 4) is 0 Å². The van der Waals surface area contributed by atoms with Crippen LogP contribution in [0.3, 0.4) is 0 Å². The molecule has 0 radical (unpaired) electrons. The summed E-state index contributed by atoms with van der Waals surface area (Å²) in [5, 5.41) is 2.23. The van der Waals surface area contributed by atoms with E-state index in [4.69, 9.17) is 0 Å². The number of nitrogens with one attached hydrogen (secondary N) is 2. The van der Waals surface area contributed by atoms with E-state index >= 15 is 0 Å². The van der Waals surface area contributed by atoms with Crippen LogP contribution in [-0.4, -0.2) is 118 Å². The number of aromatic nitrogens is 3. The van der Waals surface area contributed by atoms with E-state index in [9.17, 15) is 28.8 Å². The van der Waals surface area contributed by atoms with E-state index in [0.29, 0.717) is 38.3 Å². The van der Waals surface area contributed by atoms with Crippen molar-refractivity contribution >= 4 is 51.9 Å². The van der Waals surface area contributed by atoms with Crippen LogP contribution in [0.4, 0.5) is 11.4 Å². The number of imide groups is 2. The summed E-state index contributed by atoms with van der Waals surface area (Å²) in [6, 6.07) is 11.9. The van der Waals surface area contributed by atoms with Crippen LogP contribution in [-0.2, 0) is 22.6 Å². The maximum Gasteiger partial charge on any atom is 0.272 e. The predicted octanol–water partition coefficient (Wildman–Crippen LogP) is 1.81. The van der Waals surface area contributed by atoms with Crippen LogP contribution in [0.2, 0.25) is 0 Å². The van der Waals surface area contributed by atoms with Crippen molar-refractivity contribution in [3.63, 3.8) is 0 Å². The standard InChI is InChI=1S/C40H41N9O6/c1-2-24-14-32-33(43-36(24)51)13-23(16-41-32)18-45-9-11-46(12-10-45)28-4-6-31(42-17-28)40(55)48-21-25-19-47(20-26(25)22-48)27-3-5-29-30(15-27)39(54)49(38(29)53)34-7-8-35(50)44-37(34)52/h3-6,13-17,25-26,34H,2,7-12,18-22H2,1H3,(H,43,51)(H,44,50,52)/t25-,26+,34-/m1/s1. The highest BCUT2D eigenvalue weighted by atomic mass is 16.2. The number of aromatic amines is 1. The fourth-order valence-corrected chi connectivity index (χ4v) is 8.83. The number of carbonyl (C=O) groups is 5. The number of benzene rings is 1. The number of aryl methyl sites for hydroxylation is 1. The zero-order valence-electron chi connectivity index (χ0n) is 30.5. The molecule has 0 spiro atoms. The summed E-state index contributed by atoms with van der Waals surface area (Å²) in [5.74, 6) is -1.64. The Hall–Kier alpha value is -5.96. The van der Waals surface area contributed by atoms with Crippen molar-refractivity contribution in [2.24, 2.45) is 11.8 Å². The largest absolute Gasteiger partial charge is 0.371 e. The normalized spacial score (nSPS) is 22.8. The lowest BCUT2D eigenvalue weighted by Crippen LogP contribution is -2.54. The number of likely N-dealkylation sites (tertiary alicyclic amines) is 1. The number of carbonyl (C=O) groups excluding carboxylic acids is 5. The minimum Gasteiger partial charge on any atom is -0.371 e. The molecule has 5 amide bonds. The van der Waals surface area contributed by atoms with Crippen LogP contribution in [0.1, 0.15) is 62.1 Å². The Morgan fingerprint density at radius 3 is 2.25 bits per heavy atom. The van der Waals surface area contributed by atoms with Gasteiger partial charge < -0.3 is 19.7 Å². The van der Waals surface area contributed by atoms with E-state index in [-0.39, 0.29) is 47.3 Å². The zero-order chi connectivity index (χ0) is 38.0. The van der Waals surface area contributed by atoms with Crippen LogP contribution < -0.4 is 20.7 Å². The lowest BCUT2D eigenvalue weighted by atomic mass is 10.0. The average Bonchev–Trinajstić information content (AvgIpc) is 3.85. The molecular formula is C40H41N9O6. The van der Waals surface area contributed by atoms with Crippen LogP contribution >= 0.6 is 0 Å². The third-order valence-electron chi connectivity index (χ3n) is 11.9. The molecule has 2 N–H and O–H groups in total. The molecule has 0 bridgehead atoms. The second kappa shape index (κ2) is 13.7. The maximum atomic E-state index is 13.5. The van der Waals surface area contributed by atoms with E-state index in [1.54, 1.807) is 18.3 Å². The molecule has 5 aliphatic rings.